The van der Waals surface area contributed by atoms with E-state index in [0.717, 1.165) is 6.42 Å². The van der Waals surface area contributed by atoms with Crippen LogP contribution in [0.4, 0.5) is 0 Å². The molecule has 2 heterocycles. The van der Waals surface area contributed by atoms with Crippen LogP contribution in [0.25, 0.3) is 0 Å². The van der Waals surface area contributed by atoms with Gasteiger partial charge in [-0.25, -0.2) is 9.48 Å². The summed E-state index contributed by atoms with van der Waals surface area (Å²) < 4.78 is 1.50. The highest BCUT2D eigenvalue weighted by molar-refractivity contribution is 5.86. The van der Waals surface area contributed by atoms with Crippen LogP contribution in [0, 0.1) is 0 Å². The van der Waals surface area contributed by atoms with Crippen LogP contribution in [0.15, 0.2) is 0 Å². The zero-order valence-corrected chi connectivity index (χ0v) is 10.1. The zero-order valence-electron chi connectivity index (χ0n) is 10.1. The molecule has 9 nitrogen and oxygen atoms in total. The van der Waals surface area contributed by atoms with E-state index in [0.29, 0.717) is 17.9 Å². The van der Waals surface area contributed by atoms with E-state index in [9.17, 15) is 4.79 Å². The summed E-state index contributed by atoms with van der Waals surface area (Å²) >= 11 is 0. The molecule has 18 heavy (non-hydrogen) atoms. The zero-order chi connectivity index (χ0) is 13.1. The summed E-state index contributed by atoms with van der Waals surface area (Å²) in [6, 6.07) is 0. The molecule has 9 heteroatoms. The Kier molecular flexibility index (Phi) is 3.31. The molecule has 0 atom stereocenters. The van der Waals surface area contributed by atoms with Gasteiger partial charge in [0.2, 0.25) is 0 Å². The van der Waals surface area contributed by atoms with Gasteiger partial charge < -0.3 is 5.11 Å². The van der Waals surface area contributed by atoms with Gasteiger partial charge in [-0.1, -0.05) is 18.6 Å². The van der Waals surface area contributed by atoms with Crippen molar-refractivity contribution < 1.29 is 9.90 Å². The standard InChI is InChI=1S/C9H13N7O2/c1-3-4-6-8(9(17)18)11-14-16(6)5-7-10-13-15(2)12-7/h3-5H2,1-2H3,(H,17,18). The van der Waals surface area contributed by atoms with Gasteiger partial charge in [-0.15, -0.1) is 15.3 Å². The molecule has 0 fully saturated rings. The van der Waals surface area contributed by atoms with Crippen molar-refractivity contribution in [3.05, 3.63) is 17.2 Å². The van der Waals surface area contributed by atoms with E-state index in [-0.39, 0.29) is 12.2 Å². The summed E-state index contributed by atoms with van der Waals surface area (Å²) in [6.45, 7) is 2.23. The lowest BCUT2D eigenvalue weighted by Gasteiger charge is -2.02. The molecule has 0 aliphatic heterocycles. The lowest BCUT2D eigenvalue weighted by Crippen LogP contribution is -2.10. The number of aryl methyl sites for hydroxylation is 1. The van der Waals surface area contributed by atoms with Gasteiger partial charge in [0, 0.05) is 0 Å². The number of carbonyl (C=O) groups is 1. The van der Waals surface area contributed by atoms with Crippen LogP contribution in [0.5, 0.6) is 0 Å². The molecule has 0 saturated carbocycles. The fourth-order valence-corrected chi connectivity index (χ4v) is 1.63. The van der Waals surface area contributed by atoms with Crippen molar-refractivity contribution >= 4 is 5.97 Å². The van der Waals surface area contributed by atoms with E-state index < -0.39 is 5.97 Å². The molecule has 1 N–H and O–H groups in total. The van der Waals surface area contributed by atoms with Gasteiger partial charge in [0.05, 0.1) is 12.7 Å². The van der Waals surface area contributed by atoms with E-state index >= 15 is 0 Å². The first-order valence-electron chi connectivity index (χ1n) is 5.50. The van der Waals surface area contributed by atoms with E-state index in [1.54, 1.807) is 7.05 Å². The molecule has 2 aromatic rings. The molecule has 0 amide bonds. The monoisotopic (exact) mass is 251 g/mol. The quantitative estimate of drug-likeness (QED) is 0.762. The number of carboxylic acids is 1. The number of aromatic carboxylic acids is 1. The molecule has 0 aliphatic rings. The predicted octanol–water partition coefficient (Wildman–Crippen LogP) is -0.499. The molecule has 0 saturated heterocycles. The van der Waals surface area contributed by atoms with Crippen LogP contribution in [0.1, 0.15) is 35.4 Å². The van der Waals surface area contributed by atoms with Crippen molar-refractivity contribution in [1.82, 2.24) is 35.2 Å². The highest BCUT2D eigenvalue weighted by Gasteiger charge is 2.19. The van der Waals surface area contributed by atoms with E-state index in [1.165, 1.54) is 9.48 Å². The number of nitrogens with zero attached hydrogens (tertiary/aromatic N) is 7. The molecule has 0 spiro atoms. The Morgan fingerprint density at radius 3 is 2.67 bits per heavy atom. The van der Waals surface area contributed by atoms with Crippen LogP contribution in [-0.2, 0) is 20.0 Å². The second-order valence-electron chi connectivity index (χ2n) is 3.79. The maximum Gasteiger partial charge on any atom is 0.358 e. The Hall–Kier alpha value is -2.32. The largest absolute Gasteiger partial charge is 0.476 e. The summed E-state index contributed by atoms with van der Waals surface area (Å²) in [5.74, 6) is -0.603. The van der Waals surface area contributed by atoms with Gasteiger partial charge in [0.25, 0.3) is 0 Å². The van der Waals surface area contributed by atoms with E-state index in [2.05, 4.69) is 25.7 Å². The normalized spacial score (nSPS) is 10.8. The topological polar surface area (TPSA) is 112 Å². The SMILES string of the molecule is CCCc1c(C(=O)O)nnn1Cc1nnn(C)n1. The summed E-state index contributed by atoms with van der Waals surface area (Å²) in [6.07, 6.45) is 1.40. The molecular weight excluding hydrogens is 238 g/mol. The first-order chi connectivity index (χ1) is 8.61. The summed E-state index contributed by atoms with van der Waals surface area (Å²) in [4.78, 5) is 12.3. The molecule has 2 aromatic heterocycles. The Morgan fingerprint density at radius 1 is 1.33 bits per heavy atom. The second-order valence-corrected chi connectivity index (χ2v) is 3.79. The van der Waals surface area contributed by atoms with Crippen LogP contribution in [0.2, 0.25) is 0 Å². The van der Waals surface area contributed by atoms with Crippen LogP contribution < -0.4 is 0 Å². The Morgan fingerprint density at radius 2 is 2.11 bits per heavy atom. The minimum absolute atomic E-state index is 0.0132. The Balaban J connectivity index is 2.29. The maximum atomic E-state index is 11.0. The fraction of sp³-hybridized carbons (Fsp3) is 0.556. The van der Waals surface area contributed by atoms with Crippen molar-refractivity contribution in [3.63, 3.8) is 0 Å². The first-order valence-corrected chi connectivity index (χ1v) is 5.50. The van der Waals surface area contributed by atoms with Crippen molar-refractivity contribution in [1.29, 1.82) is 0 Å². The highest BCUT2D eigenvalue weighted by atomic mass is 16.4. The van der Waals surface area contributed by atoms with Crippen LogP contribution in [0.3, 0.4) is 0 Å². The van der Waals surface area contributed by atoms with E-state index in [1.807, 2.05) is 6.92 Å². The minimum Gasteiger partial charge on any atom is -0.476 e. The minimum atomic E-state index is -1.07. The Labute approximate surface area is 102 Å². The molecule has 0 unspecified atom stereocenters. The third kappa shape index (κ3) is 2.34. The van der Waals surface area contributed by atoms with Crippen molar-refractivity contribution in [2.45, 2.75) is 26.3 Å². The molecule has 2 rings (SSSR count). The predicted molar refractivity (Wildman–Crippen MR) is 58.9 cm³/mol. The lowest BCUT2D eigenvalue weighted by atomic mass is 10.2. The third-order valence-corrected chi connectivity index (χ3v) is 2.37. The number of hydrogen-bond acceptors (Lipinski definition) is 6. The van der Waals surface area contributed by atoms with Gasteiger partial charge in [0.1, 0.15) is 6.54 Å². The van der Waals surface area contributed by atoms with Crippen molar-refractivity contribution in [3.8, 4) is 0 Å². The Bertz CT molecular complexity index is 559. The van der Waals surface area contributed by atoms with Crippen molar-refractivity contribution in [2.75, 3.05) is 0 Å². The summed E-state index contributed by atoms with van der Waals surface area (Å²) in [7, 11) is 1.66. The van der Waals surface area contributed by atoms with Gasteiger partial charge >= 0.3 is 5.97 Å². The number of carboxylic acid groups (broad SMARTS) is 1. The number of hydrogen-bond donors (Lipinski definition) is 1. The number of rotatable bonds is 5. The summed E-state index contributed by atoms with van der Waals surface area (Å²) in [5.41, 5.74) is 0.568. The number of tetrazole rings is 1. The summed E-state index contributed by atoms with van der Waals surface area (Å²) in [5, 5.41) is 28.1. The van der Waals surface area contributed by atoms with Gasteiger partial charge in [-0.3, -0.25) is 0 Å². The fourth-order valence-electron chi connectivity index (χ4n) is 1.63. The second kappa shape index (κ2) is 4.90. The third-order valence-electron chi connectivity index (χ3n) is 2.37. The van der Waals surface area contributed by atoms with Gasteiger partial charge in [-0.05, 0) is 11.6 Å². The highest BCUT2D eigenvalue weighted by Crippen LogP contribution is 2.09. The molecule has 0 radical (unpaired) electrons. The smallest absolute Gasteiger partial charge is 0.358 e. The van der Waals surface area contributed by atoms with Crippen LogP contribution in [-0.4, -0.2) is 46.3 Å². The molecule has 0 aliphatic carbocycles. The first kappa shape index (κ1) is 12.1. The molecule has 96 valence electrons. The van der Waals surface area contributed by atoms with Gasteiger partial charge in [-0.2, -0.15) is 4.80 Å². The lowest BCUT2D eigenvalue weighted by molar-refractivity contribution is 0.0689. The molecule has 0 aromatic carbocycles. The van der Waals surface area contributed by atoms with Crippen LogP contribution >= 0.6 is 0 Å². The number of aromatic nitrogens is 7. The van der Waals surface area contributed by atoms with E-state index in [4.69, 9.17) is 5.11 Å². The molecular formula is C9H13N7O2. The average Bonchev–Trinajstić information content (AvgIpc) is 2.88. The van der Waals surface area contributed by atoms with Crippen molar-refractivity contribution in [2.24, 2.45) is 7.05 Å². The molecule has 0 bridgehead atoms. The van der Waals surface area contributed by atoms with Gasteiger partial charge in [0.15, 0.2) is 11.5 Å². The maximum absolute atomic E-state index is 11.0. The average molecular weight is 251 g/mol.